The summed E-state index contributed by atoms with van der Waals surface area (Å²) < 4.78 is 5.26. The Kier molecular flexibility index (Phi) is 14.2. The van der Waals surface area contributed by atoms with Gasteiger partial charge in [0.1, 0.15) is 0 Å². The van der Waals surface area contributed by atoms with Crippen LogP contribution in [0.3, 0.4) is 0 Å². The van der Waals surface area contributed by atoms with Gasteiger partial charge in [0.15, 0.2) is 0 Å². The maximum absolute atomic E-state index is 5.26. The molecule has 0 aliphatic heterocycles. The molecule has 0 rings (SSSR count). The van der Waals surface area contributed by atoms with Crippen molar-refractivity contribution in [3.8, 4) is 0 Å². The monoisotopic (exact) mass is 201 g/mol. The SMILES string of the molecule is C=C(C)OCCCN(CC)CC.CC. The Morgan fingerprint density at radius 1 is 1.21 bits per heavy atom. The highest BCUT2D eigenvalue weighted by atomic mass is 16.5. The third kappa shape index (κ3) is 11.5. The van der Waals surface area contributed by atoms with Crippen LogP contribution in [0.1, 0.15) is 41.0 Å². The molecule has 0 atom stereocenters. The highest BCUT2D eigenvalue weighted by molar-refractivity contribution is 4.73. The maximum Gasteiger partial charge on any atom is 0.0889 e. The molecule has 0 aromatic carbocycles. The summed E-state index contributed by atoms with van der Waals surface area (Å²) in [5, 5.41) is 0. The molecule has 0 fully saturated rings. The molecule has 0 unspecified atom stereocenters. The largest absolute Gasteiger partial charge is 0.499 e. The van der Waals surface area contributed by atoms with Crippen LogP contribution in [0, 0.1) is 0 Å². The Balaban J connectivity index is 0. The van der Waals surface area contributed by atoms with Crippen molar-refractivity contribution in [1.29, 1.82) is 0 Å². The first-order chi connectivity index (χ1) is 6.70. The van der Waals surface area contributed by atoms with Gasteiger partial charge < -0.3 is 9.64 Å². The summed E-state index contributed by atoms with van der Waals surface area (Å²) in [6.07, 6.45) is 1.09. The molecule has 0 amide bonds. The molecule has 0 radical (unpaired) electrons. The van der Waals surface area contributed by atoms with Crippen molar-refractivity contribution in [2.24, 2.45) is 0 Å². The van der Waals surface area contributed by atoms with Crippen molar-refractivity contribution in [3.63, 3.8) is 0 Å². The van der Waals surface area contributed by atoms with Crippen LogP contribution < -0.4 is 0 Å². The minimum absolute atomic E-state index is 0.797. The van der Waals surface area contributed by atoms with Crippen molar-refractivity contribution in [3.05, 3.63) is 12.3 Å². The van der Waals surface area contributed by atoms with Gasteiger partial charge in [-0.2, -0.15) is 0 Å². The van der Waals surface area contributed by atoms with E-state index in [9.17, 15) is 0 Å². The van der Waals surface area contributed by atoms with Gasteiger partial charge in [-0.1, -0.05) is 34.3 Å². The van der Waals surface area contributed by atoms with Crippen LogP contribution in [-0.2, 0) is 4.74 Å². The van der Waals surface area contributed by atoms with Crippen LogP contribution in [0.5, 0.6) is 0 Å². The number of rotatable bonds is 7. The van der Waals surface area contributed by atoms with Gasteiger partial charge in [0.2, 0.25) is 0 Å². The number of allylic oxidation sites excluding steroid dienone is 1. The lowest BCUT2D eigenvalue weighted by atomic mass is 10.4. The van der Waals surface area contributed by atoms with Crippen LogP contribution >= 0.6 is 0 Å². The van der Waals surface area contributed by atoms with Crippen molar-refractivity contribution in [2.45, 2.75) is 41.0 Å². The number of nitrogens with zero attached hydrogens (tertiary/aromatic N) is 1. The van der Waals surface area contributed by atoms with Crippen LogP contribution in [-0.4, -0.2) is 31.1 Å². The van der Waals surface area contributed by atoms with Gasteiger partial charge >= 0.3 is 0 Å². The van der Waals surface area contributed by atoms with E-state index in [1.807, 2.05) is 20.8 Å². The molecule has 0 aliphatic carbocycles. The molecule has 0 aromatic rings. The van der Waals surface area contributed by atoms with Crippen LogP contribution in [0.25, 0.3) is 0 Å². The zero-order valence-electron chi connectivity index (χ0n) is 10.6. The van der Waals surface area contributed by atoms with E-state index in [0.717, 1.165) is 38.4 Å². The second-order valence-corrected chi connectivity index (χ2v) is 2.93. The lowest BCUT2D eigenvalue weighted by molar-refractivity contribution is 0.189. The first-order valence-corrected chi connectivity index (χ1v) is 5.71. The minimum Gasteiger partial charge on any atom is -0.499 e. The van der Waals surface area contributed by atoms with Gasteiger partial charge in [0, 0.05) is 6.54 Å². The first-order valence-electron chi connectivity index (χ1n) is 5.71. The second-order valence-electron chi connectivity index (χ2n) is 2.93. The smallest absolute Gasteiger partial charge is 0.0889 e. The summed E-state index contributed by atoms with van der Waals surface area (Å²) in [7, 11) is 0. The topological polar surface area (TPSA) is 12.5 Å². The molecular weight excluding hydrogens is 174 g/mol. The third-order valence-corrected chi connectivity index (χ3v) is 1.86. The Morgan fingerprint density at radius 2 is 1.71 bits per heavy atom. The zero-order valence-corrected chi connectivity index (χ0v) is 10.6. The van der Waals surface area contributed by atoms with Gasteiger partial charge in [-0.05, 0) is 26.4 Å². The molecule has 0 N–H and O–H groups in total. The summed E-state index contributed by atoms with van der Waals surface area (Å²) in [4.78, 5) is 2.39. The summed E-state index contributed by atoms with van der Waals surface area (Å²) in [5.41, 5.74) is 0. The predicted octanol–water partition coefficient (Wildman–Crippen LogP) is 3.29. The molecule has 2 heteroatoms. The van der Waals surface area contributed by atoms with E-state index in [1.165, 1.54) is 0 Å². The second kappa shape index (κ2) is 12.5. The van der Waals surface area contributed by atoms with Gasteiger partial charge in [-0.15, -0.1) is 0 Å². The van der Waals surface area contributed by atoms with Crippen LogP contribution in [0.4, 0.5) is 0 Å². The molecule has 14 heavy (non-hydrogen) atoms. The third-order valence-electron chi connectivity index (χ3n) is 1.86. The van der Waals surface area contributed by atoms with E-state index < -0.39 is 0 Å². The molecule has 0 aromatic heterocycles. The maximum atomic E-state index is 5.26. The molecule has 2 nitrogen and oxygen atoms in total. The van der Waals surface area contributed by atoms with E-state index in [4.69, 9.17) is 4.74 Å². The van der Waals surface area contributed by atoms with Crippen molar-refractivity contribution < 1.29 is 4.74 Å². The van der Waals surface area contributed by atoms with Gasteiger partial charge in [0.25, 0.3) is 0 Å². The average Bonchev–Trinajstić information content (AvgIpc) is 2.21. The lowest BCUT2D eigenvalue weighted by Crippen LogP contribution is -2.24. The van der Waals surface area contributed by atoms with Crippen LogP contribution in [0.2, 0.25) is 0 Å². The Labute approximate surface area is 89.9 Å². The van der Waals surface area contributed by atoms with E-state index >= 15 is 0 Å². The fraction of sp³-hybridized carbons (Fsp3) is 0.833. The zero-order chi connectivity index (χ0) is 11.4. The number of hydrogen-bond acceptors (Lipinski definition) is 2. The van der Waals surface area contributed by atoms with E-state index in [1.54, 1.807) is 0 Å². The number of ether oxygens (including phenoxy) is 1. The van der Waals surface area contributed by atoms with Crippen molar-refractivity contribution in [1.82, 2.24) is 4.90 Å². The molecular formula is C12H27NO. The van der Waals surface area contributed by atoms with E-state index in [0.29, 0.717) is 0 Å². The molecule has 0 bridgehead atoms. The summed E-state index contributed by atoms with van der Waals surface area (Å²) >= 11 is 0. The van der Waals surface area contributed by atoms with Crippen molar-refractivity contribution >= 4 is 0 Å². The Bertz CT molecular complexity index is 119. The summed E-state index contributed by atoms with van der Waals surface area (Å²) in [6.45, 7) is 18.1. The first kappa shape index (κ1) is 15.9. The standard InChI is InChI=1S/C10H21NO.C2H6/c1-5-11(6-2)8-7-9-12-10(3)4;1-2/h3,5-9H2,1-2,4H3;1-2H3. The van der Waals surface area contributed by atoms with E-state index in [2.05, 4.69) is 25.3 Å². The minimum atomic E-state index is 0.797. The Hall–Kier alpha value is -0.500. The molecule has 0 heterocycles. The highest BCUT2D eigenvalue weighted by Gasteiger charge is 1.97. The fourth-order valence-corrected chi connectivity index (χ4v) is 1.07. The molecule has 0 saturated carbocycles. The van der Waals surface area contributed by atoms with Crippen molar-refractivity contribution in [2.75, 3.05) is 26.2 Å². The predicted molar refractivity (Wildman–Crippen MR) is 64.5 cm³/mol. The van der Waals surface area contributed by atoms with Gasteiger partial charge in [-0.3, -0.25) is 0 Å². The van der Waals surface area contributed by atoms with E-state index in [-0.39, 0.29) is 0 Å². The van der Waals surface area contributed by atoms with Crippen LogP contribution in [0.15, 0.2) is 12.3 Å². The molecule has 0 saturated heterocycles. The fourth-order valence-electron chi connectivity index (χ4n) is 1.07. The summed E-state index contributed by atoms with van der Waals surface area (Å²) in [6, 6.07) is 0. The number of hydrogen-bond donors (Lipinski definition) is 0. The van der Waals surface area contributed by atoms with Gasteiger partial charge in [-0.25, -0.2) is 0 Å². The summed E-state index contributed by atoms with van der Waals surface area (Å²) in [5.74, 6) is 0.814. The quantitative estimate of drug-likeness (QED) is 0.463. The Morgan fingerprint density at radius 3 is 2.07 bits per heavy atom. The molecule has 86 valence electrons. The normalized spacial score (nSPS) is 9.29. The highest BCUT2D eigenvalue weighted by Crippen LogP contribution is 1.95. The van der Waals surface area contributed by atoms with Gasteiger partial charge in [0.05, 0.1) is 12.4 Å². The molecule has 0 aliphatic rings. The molecule has 0 spiro atoms. The lowest BCUT2D eigenvalue weighted by Gasteiger charge is -2.17. The average molecular weight is 201 g/mol.